The van der Waals surface area contributed by atoms with Crippen LogP contribution in [0.25, 0.3) is 0 Å². The Bertz CT molecular complexity index is 356. The predicted molar refractivity (Wildman–Crippen MR) is 53.9 cm³/mol. The zero-order valence-corrected chi connectivity index (χ0v) is 9.24. The first-order valence-corrected chi connectivity index (χ1v) is 6.81. The number of carboxylic acids is 1. The minimum atomic E-state index is -3.58. The highest BCUT2D eigenvalue weighted by molar-refractivity contribution is 7.89. The molecular formula is C9H15NO4S. The number of carboxylic acid groups (broad SMARTS) is 1. The van der Waals surface area contributed by atoms with E-state index in [1.165, 1.54) is 4.31 Å². The van der Waals surface area contributed by atoms with E-state index in [4.69, 9.17) is 5.11 Å². The summed E-state index contributed by atoms with van der Waals surface area (Å²) in [5.74, 6) is -1.57. The molecule has 0 amide bonds. The van der Waals surface area contributed by atoms with Gasteiger partial charge >= 0.3 is 5.97 Å². The molecule has 2 saturated carbocycles. The van der Waals surface area contributed by atoms with Gasteiger partial charge in [0.1, 0.15) is 0 Å². The lowest BCUT2D eigenvalue weighted by atomic mass is 10.4. The summed E-state index contributed by atoms with van der Waals surface area (Å²) >= 11 is 0. The Hall–Kier alpha value is -0.620. The summed E-state index contributed by atoms with van der Waals surface area (Å²) in [6, 6.07) is 0.0787. The fourth-order valence-corrected chi connectivity index (χ4v) is 3.23. The van der Waals surface area contributed by atoms with Crippen molar-refractivity contribution in [2.75, 3.05) is 12.3 Å². The normalized spacial score (nSPS) is 21.9. The van der Waals surface area contributed by atoms with Crippen LogP contribution in [0.5, 0.6) is 0 Å². The SMILES string of the molecule is O=C(O)CS(=O)(=O)N(CC1CC1)C1CC1. The van der Waals surface area contributed by atoms with E-state index in [9.17, 15) is 13.2 Å². The first-order chi connectivity index (χ1) is 6.99. The van der Waals surface area contributed by atoms with Crippen molar-refractivity contribution < 1.29 is 18.3 Å². The molecule has 6 heteroatoms. The number of aliphatic carboxylic acids is 1. The van der Waals surface area contributed by atoms with E-state index in [0.29, 0.717) is 12.5 Å². The molecule has 0 saturated heterocycles. The number of hydrogen-bond donors (Lipinski definition) is 1. The summed E-state index contributed by atoms with van der Waals surface area (Å²) in [6.07, 6.45) is 3.91. The van der Waals surface area contributed by atoms with Gasteiger partial charge in [0.2, 0.25) is 10.0 Å². The molecule has 86 valence electrons. The first-order valence-electron chi connectivity index (χ1n) is 5.20. The summed E-state index contributed by atoms with van der Waals surface area (Å²) < 4.78 is 24.9. The second-order valence-electron chi connectivity index (χ2n) is 4.39. The molecule has 15 heavy (non-hydrogen) atoms. The monoisotopic (exact) mass is 233 g/mol. The molecule has 2 aliphatic carbocycles. The van der Waals surface area contributed by atoms with Crippen LogP contribution in [0.2, 0.25) is 0 Å². The average Bonchev–Trinajstić information content (AvgIpc) is 2.94. The fourth-order valence-electron chi connectivity index (χ4n) is 1.65. The molecule has 1 N–H and O–H groups in total. The Kier molecular flexibility index (Phi) is 2.72. The van der Waals surface area contributed by atoms with E-state index in [1.807, 2.05) is 0 Å². The van der Waals surface area contributed by atoms with Gasteiger partial charge in [-0.1, -0.05) is 0 Å². The third kappa shape index (κ3) is 2.92. The third-order valence-corrected chi connectivity index (χ3v) is 4.53. The summed E-state index contributed by atoms with van der Waals surface area (Å²) in [5, 5.41) is 8.54. The maximum absolute atomic E-state index is 11.7. The van der Waals surface area contributed by atoms with Crippen LogP contribution in [0.1, 0.15) is 25.7 Å². The van der Waals surface area contributed by atoms with Gasteiger partial charge in [-0.15, -0.1) is 0 Å². The van der Waals surface area contributed by atoms with Crippen LogP contribution < -0.4 is 0 Å². The van der Waals surface area contributed by atoms with Crippen LogP contribution in [0.4, 0.5) is 0 Å². The van der Waals surface area contributed by atoms with Crippen LogP contribution in [-0.4, -0.2) is 42.1 Å². The van der Waals surface area contributed by atoms with Crippen molar-refractivity contribution in [3.05, 3.63) is 0 Å². The maximum atomic E-state index is 11.7. The summed E-state index contributed by atoms with van der Waals surface area (Å²) in [5.41, 5.74) is 0. The smallest absolute Gasteiger partial charge is 0.320 e. The molecule has 0 unspecified atom stereocenters. The molecule has 0 aromatic heterocycles. The summed E-state index contributed by atoms with van der Waals surface area (Å²) in [4.78, 5) is 10.5. The molecule has 0 aliphatic heterocycles. The number of nitrogens with zero attached hydrogens (tertiary/aromatic N) is 1. The highest BCUT2D eigenvalue weighted by Gasteiger charge is 2.40. The Morgan fingerprint density at radius 1 is 1.27 bits per heavy atom. The Balaban J connectivity index is 2.04. The highest BCUT2D eigenvalue weighted by Crippen LogP contribution is 2.36. The van der Waals surface area contributed by atoms with Crippen LogP contribution in [0, 0.1) is 5.92 Å². The van der Waals surface area contributed by atoms with Gasteiger partial charge in [0.25, 0.3) is 0 Å². The van der Waals surface area contributed by atoms with Crippen molar-refractivity contribution in [2.24, 2.45) is 5.92 Å². The van der Waals surface area contributed by atoms with Crippen molar-refractivity contribution in [2.45, 2.75) is 31.7 Å². The van der Waals surface area contributed by atoms with E-state index in [-0.39, 0.29) is 6.04 Å². The fraction of sp³-hybridized carbons (Fsp3) is 0.889. The molecule has 0 bridgehead atoms. The lowest BCUT2D eigenvalue weighted by molar-refractivity contribution is -0.134. The van der Waals surface area contributed by atoms with Gasteiger partial charge in [-0.25, -0.2) is 8.42 Å². The molecule has 0 spiro atoms. The van der Waals surface area contributed by atoms with Crippen molar-refractivity contribution in [3.8, 4) is 0 Å². The van der Waals surface area contributed by atoms with Crippen LogP contribution in [0.15, 0.2) is 0 Å². The molecule has 2 rings (SSSR count). The second-order valence-corrected chi connectivity index (χ2v) is 6.32. The zero-order chi connectivity index (χ0) is 11.1. The molecule has 0 heterocycles. The quantitative estimate of drug-likeness (QED) is 0.714. The molecule has 0 atom stereocenters. The van der Waals surface area contributed by atoms with Crippen molar-refractivity contribution in [1.29, 1.82) is 0 Å². The molecule has 2 aliphatic rings. The van der Waals surface area contributed by atoms with Gasteiger partial charge in [0.15, 0.2) is 5.75 Å². The van der Waals surface area contributed by atoms with Gasteiger partial charge in [-0.3, -0.25) is 4.79 Å². The van der Waals surface area contributed by atoms with Crippen molar-refractivity contribution >= 4 is 16.0 Å². The van der Waals surface area contributed by atoms with E-state index in [0.717, 1.165) is 25.7 Å². The number of rotatable bonds is 6. The van der Waals surface area contributed by atoms with E-state index in [1.54, 1.807) is 0 Å². The van der Waals surface area contributed by atoms with Crippen LogP contribution in [0.3, 0.4) is 0 Å². The molecule has 5 nitrogen and oxygen atoms in total. The van der Waals surface area contributed by atoms with Crippen LogP contribution in [-0.2, 0) is 14.8 Å². The van der Waals surface area contributed by atoms with Gasteiger partial charge in [-0.05, 0) is 31.6 Å². The molecular weight excluding hydrogens is 218 g/mol. The average molecular weight is 233 g/mol. The lowest BCUT2D eigenvalue weighted by Gasteiger charge is -2.20. The van der Waals surface area contributed by atoms with Gasteiger partial charge < -0.3 is 5.11 Å². The van der Waals surface area contributed by atoms with E-state index >= 15 is 0 Å². The molecule has 2 fully saturated rings. The minimum absolute atomic E-state index is 0.0787. The van der Waals surface area contributed by atoms with E-state index < -0.39 is 21.7 Å². The summed E-state index contributed by atoms with van der Waals surface area (Å²) in [7, 11) is -3.58. The predicted octanol–water partition coefficient (Wildman–Crippen LogP) is 0.275. The standard InChI is InChI=1S/C9H15NO4S/c11-9(12)6-15(13,14)10(8-3-4-8)5-7-1-2-7/h7-8H,1-6H2,(H,11,12). The molecule has 0 aromatic rings. The molecule has 0 aromatic carbocycles. The zero-order valence-electron chi connectivity index (χ0n) is 8.42. The van der Waals surface area contributed by atoms with E-state index in [2.05, 4.69) is 0 Å². The number of carbonyl (C=O) groups is 1. The number of hydrogen-bond acceptors (Lipinski definition) is 3. The second kappa shape index (κ2) is 3.75. The van der Waals surface area contributed by atoms with Gasteiger partial charge in [-0.2, -0.15) is 4.31 Å². The Morgan fingerprint density at radius 3 is 2.27 bits per heavy atom. The Morgan fingerprint density at radius 2 is 1.87 bits per heavy atom. The highest BCUT2D eigenvalue weighted by atomic mass is 32.2. The molecule has 0 radical (unpaired) electrons. The van der Waals surface area contributed by atoms with Gasteiger partial charge in [0, 0.05) is 12.6 Å². The first kappa shape index (κ1) is 10.9. The number of sulfonamides is 1. The lowest BCUT2D eigenvalue weighted by Crippen LogP contribution is -2.38. The Labute approximate surface area is 89.1 Å². The maximum Gasteiger partial charge on any atom is 0.320 e. The topological polar surface area (TPSA) is 74.7 Å². The van der Waals surface area contributed by atoms with Gasteiger partial charge in [0.05, 0.1) is 0 Å². The summed E-state index contributed by atoms with van der Waals surface area (Å²) in [6.45, 7) is 0.528. The van der Waals surface area contributed by atoms with Crippen molar-refractivity contribution in [1.82, 2.24) is 4.31 Å². The van der Waals surface area contributed by atoms with Crippen molar-refractivity contribution in [3.63, 3.8) is 0 Å². The minimum Gasteiger partial charge on any atom is -0.480 e. The third-order valence-electron chi connectivity index (χ3n) is 2.75. The van der Waals surface area contributed by atoms with Crippen LogP contribution >= 0.6 is 0 Å². The largest absolute Gasteiger partial charge is 0.480 e.